The van der Waals surface area contributed by atoms with Crippen LogP contribution < -0.4 is 15.0 Å². The van der Waals surface area contributed by atoms with Gasteiger partial charge in [0.2, 0.25) is 0 Å². The van der Waals surface area contributed by atoms with Crippen LogP contribution in [-0.2, 0) is 6.18 Å². The quantitative estimate of drug-likeness (QED) is 0.854. The molecule has 0 saturated carbocycles. The molecule has 7 heteroatoms. The molecule has 27 heavy (non-hydrogen) atoms. The van der Waals surface area contributed by atoms with Crippen LogP contribution in [0.2, 0.25) is 0 Å². The Balaban J connectivity index is 1.77. The van der Waals surface area contributed by atoms with Crippen LogP contribution in [0.15, 0.2) is 36.4 Å². The average Bonchev–Trinajstić information content (AvgIpc) is 2.94. The van der Waals surface area contributed by atoms with Crippen LogP contribution >= 0.6 is 0 Å². The van der Waals surface area contributed by atoms with Gasteiger partial charge in [-0.25, -0.2) is 0 Å². The second-order valence-corrected chi connectivity index (χ2v) is 6.92. The second kappa shape index (κ2) is 6.46. The van der Waals surface area contributed by atoms with E-state index < -0.39 is 11.7 Å². The lowest BCUT2D eigenvalue weighted by Gasteiger charge is -2.31. The summed E-state index contributed by atoms with van der Waals surface area (Å²) in [6, 6.07) is 11.2. The summed E-state index contributed by atoms with van der Waals surface area (Å²) in [6.45, 7) is 1.45. The number of rotatable bonds is 2. The van der Waals surface area contributed by atoms with Crippen molar-refractivity contribution in [3.8, 4) is 17.6 Å². The minimum atomic E-state index is -4.47. The number of nitriles is 1. The molecule has 1 N–H and O–H groups in total. The molecule has 2 aromatic carbocycles. The zero-order valence-corrected chi connectivity index (χ0v) is 14.7. The first-order valence-electron chi connectivity index (χ1n) is 8.75. The molecule has 4 rings (SSSR count). The lowest BCUT2D eigenvalue weighted by Crippen LogP contribution is -2.42. The number of nitrogens with zero attached hydrogens (tertiary/aromatic N) is 2. The summed E-state index contributed by atoms with van der Waals surface area (Å²) in [4.78, 5) is 1.77. The molecular formula is C20H18F3N3O. The number of nitrogens with one attached hydrogen (secondary N) is 1. The molecule has 0 spiro atoms. The Labute approximate surface area is 155 Å². The van der Waals surface area contributed by atoms with Gasteiger partial charge >= 0.3 is 6.18 Å². The summed E-state index contributed by atoms with van der Waals surface area (Å²) in [6.07, 6.45) is -3.66. The summed E-state index contributed by atoms with van der Waals surface area (Å²) in [5, 5.41) is 12.1. The van der Waals surface area contributed by atoms with Crippen molar-refractivity contribution in [3.05, 3.63) is 53.1 Å². The van der Waals surface area contributed by atoms with Crippen molar-refractivity contribution in [2.45, 2.75) is 24.6 Å². The Morgan fingerprint density at radius 1 is 1.19 bits per heavy atom. The highest BCUT2D eigenvalue weighted by Gasteiger charge is 2.45. The third kappa shape index (κ3) is 3.10. The summed E-state index contributed by atoms with van der Waals surface area (Å²) < 4.78 is 47.0. The highest BCUT2D eigenvalue weighted by Crippen LogP contribution is 2.50. The van der Waals surface area contributed by atoms with Crippen molar-refractivity contribution in [2.24, 2.45) is 0 Å². The van der Waals surface area contributed by atoms with Gasteiger partial charge in [-0.2, -0.15) is 18.4 Å². The predicted molar refractivity (Wildman–Crippen MR) is 95.1 cm³/mol. The van der Waals surface area contributed by atoms with E-state index in [1.165, 1.54) is 0 Å². The highest BCUT2D eigenvalue weighted by molar-refractivity contribution is 5.69. The molecule has 1 saturated heterocycles. The highest BCUT2D eigenvalue weighted by atomic mass is 19.4. The van der Waals surface area contributed by atoms with Gasteiger partial charge in [0.1, 0.15) is 11.5 Å². The predicted octanol–water partition coefficient (Wildman–Crippen LogP) is 4.26. The Morgan fingerprint density at radius 2 is 1.93 bits per heavy atom. The van der Waals surface area contributed by atoms with Crippen LogP contribution in [-0.4, -0.2) is 26.2 Å². The lowest BCUT2D eigenvalue weighted by atomic mass is 9.89. The van der Waals surface area contributed by atoms with Gasteiger partial charge in [0, 0.05) is 25.6 Å². The summed E-state index contributed by atoms with van der Waals surface area (Å²) in [5.41, 5.74) is 0.729. The molecule has 0 amide bonds. The van der Waals surface area contributed by atoms with Crippen molar-refractivity contribution in [1.29, 1.82) is 5.26 Å². The monoisotopic (exact) mass is 373 g/mol. The van der Waals surface area contributed by atoms with E-state index in [1.807, 2.05) is 6.07 Å². The van der Waals surface area contributed by atoms with Crippen LogP contribution in [0.1, 0.15) is 29.0 Å². The average molecular weight is 373 g/mol. The number of halogens is 3. The molecule has 1 fully saturated rings. The van der Waals surface area contributed by atoms with Crippen molar-refractivity contribution >= 4 is 5.69 Å². The van der Waals surface area contributed by atoms with E-state index in [9.17, 15) is 13.2 Å². The molecule has 2 atom stereocenters. The van der Waals surface area contributed by atoms with Crippen molar-refractivity contribution in [1.82, 2.24) is 5.32 Å². The van der Waals surface area contributed by atoms with Gasteiger partial charge in [0.05, 0.1) is 22.9 Å². The maximum Gasteiger partial charge on any atom is 0.418 e. The molecule has 0 radical (unpaired) electrons. The van der Waals surface area contributed by atoms with Gasteiger partial charge in [0.15, 0.2) is 0 Å². The fourth-order valence-electron chi connectivity index (χ4n) is 4.11. The first-order chi connectivity index (χ1) is 12.9. The van der Waals surface area contributed by atoms with E-state index >= 15 is 0 Å². The topological polar surface area (TPSA) is 48.3 Å². The van der Waals surface area contributed by atoms with Gasteiger partial charge in [-0.15, -0.1) is 0 Å². The Morgan fingerprint density at radius 3 is 2.59 bits per heavy atom. The summed E-state index contributed by atoms with van der Waals surface area (Å²) in [7, 11) is 1.74. The van der Waals surface area contributed by atoms with Crippen LogP contribution in [0.5, 0.6) is 11.5 Å². The second-order valence-electron chi connectivity index (χ2n) is 6.92. The minimum absolute atomic E-state index is 0.00404. The maximum atomic E-state index is 13.8. The number of anilines is 1. The fourth-order valence-corrected chi connectivity index (χ4v) is 4.11. The minimum Gasteiger partial charge on any atom is -0.457 e. The number of fused-ring (bicyclic) bond motifs is 3. The molecule has 0 aliphatic carbocycles. The largest absolute Gasteiger partial charge is 0.457 e. The molecule has 0 aromatic heterocycles. The van der Waals surface area contributed by atoms with Crippen LogP contribution in [0.25, 0.3) is 0 Å². The van der Waals surface area contributed by atoms with E-state index in [2.05, 4.69) is 5.32 Å². The molecule has 2 aliphatic rings. The van der Waals surface area contributed by atoms with Gasteiger partial charge in [-0.05, 0) is 54.9 Å². The lowest BCUT2D eigenvalue weighted by molar-refractivity contribution is -0.137. The molecule has 2 aromatic rings. The number of ether oxygens (including phenoxy) is 1. The zero-order chi connectivity index (χ0) is 19.2. The van der Waals surface area contributed by atoms with E-state index in [0.29, 0.717) is 23.4 Å². The fraction of sp³-hybridized carbons (Fsp3) is 0.350. The van der Waals surface area contributed by atoms with E-state index in [0.717, 1.165) is 19.0 Å². The Hall–Kier alpha value is -2.72. The third-order valence-electron chi connectivity index (χ3n) is 5.33. The summed E-state index contributed by atoms with van der Waals surface area (Å²) in [5.74, 6) is 0.557. The van der Waals surface area contributed by atoms with E-state index in [1.54, 1.807) is 42.3 Å². The number of hydrogen-bond acceptors (Lipinski definition) is 4. The number of hydrogen-bond donors (Lipinski definition) is 1. The summed E-state index contributed by atoms with van der Waals surface area (Å²) >= 11 is 0. The van der Waals surface area contributed by atoms with E-state index in [4.69, 9.17) is 10.00 Å². The van der Waals surface area contributed by atoms with Crippen LogP contribution in [0, 0.1) is 11.3 Å². The molecule has 2 aliphatic heterocycles. The van der Waals surface area contributed by atoms with Crippen LogP contribution in [0.4, 0.5) is 18.9 Å². The van der Waals surface area contributed by atoms with E-state index in [-0.39, 0.29) is 23.4 Å². The van der Waals surface area contributed by atoms with Gasteiger partial charge < -0.3 is 15.0 Å². The maximum absolute atomic E-state index is 13.8. The van der Waals surface area contributed by atoms with Crippen molar-refractivity contribution in [2.75, 3.05) is 25.0 Å². The van der Waals surface area contributed by atoms with Gasteiger partial charge in [-0.1, -0.05) is 0 Å². The Bertz CT molecular complexity index is 902. The smallest absolute Gasteiger partial charge is 0.418 e. The number of likely N-dealkylation sites (N-methyl/N-ethyl adjacent to an activating group) is 1. The number of piperidine rings is 1. The third-order valence-corrected chi connectivity index (χ3v) is 5.33. The van der Waals surface area contributed by atoms with Crippen LogP contribution in [0.3, 0.4) is 0 Å². The van der Waals surface area contributed by atoms with Crippen molar-refractivity contribution in [3.63, 3.8) is 0 Å². The van der Waals surface area contributed by atoms with Crippen molar-refractivity contribution < 1.29 is 17.9 Å². The number of benzene rings is 2. The molecular weight excluding hydrogens is 355 g/mol. The molecule has 2 heterocycles. The standard InChI is InChI=1S/C20H18F3N3O/c1-26-18-6-7-25-11-16(18)15-8-14(9-17(19(15)26)20(21,22)23)27-13-4-2-12(10-24)3-5-13/h2-5,8-9,16,18,25H,6-7,11H2,1H3/t16-,18-/m0/s1. The van der Waals surface area contributed by atoms with Gasteiger partial charge in [-0.3, -0.25) is 0 Å². The molecule has 4 nitrogen and oxygen atoms in total. The zero-order valence-electron chi connectivity index (χ0n) is 14.7. The molecule has 140 valence electrons. The first-order valence-corrected chi connectivity index (χ1v) is 8.75. The Kier molecular flexibility index (Phi) is 4.23. The first kappa shape index (κ1) is 17.7. The number of alkyl halides is 3. The molecule has 0 bridgehead atoms. The molecule has 0 unspecified atom stereocenters. The normalized spacial score (nSPS) is 21.4. The SMILES string of the molecule is CN1c2c(cc(Oc3ccc(C#N)cc3)cc2C(F)(F)F)[C@@H]2CNCC[C@@H]21. The van der Waals surface area contributed by atoms with Gasteiger partial charge in [0.25, 0.3) is 0 Å².